The Balaban J connectivity index is 2.13. The molecule has 1 unspecified atom stereocenters. The molecule has 1 aliphatic rings. The van der Waals surface area contributed by atoms with Crippen LogP contribution in [0.2, 0.25) is 5.02 Å². The van der Waals surface area contributed by atoms with Gasteiger partial charge in [-0.1, -0.05) is 27.5 Å². The first-order valence-electron chi connectivity index (χ1n) is 8.81. The number of amides is 3. The third-order valence-electron chi connectivity index (χ3n) is 4.13. The first-order valence-corrected chi connectivity index (χ1v) is 9.98. The Morgan fingerprint density at radius 1 is 1.24 bits per heavy atom. The van der Waals surface area contributed by atoms with Gasteiger partial charge in [0.25, 0.3) is 0 Å². The van der Waals surface area contributed by atoms with E-state index in [1.165, 1.54) is 15.9 Å². The molecule has 1 N–H and O–H groups in total. The lowest BCUT2D eigenvalue weighted by Gasteiger charge is -2.40. The fraction of sp³-hybridized carbons (Fsp3) is 0.556. The Bertz CT molecular complexity index is 799. The monoisotopic (exact) mass is 499 g/mol. The summed E-state index contributed by atoms with van der Waals surface area (Å²) in [5.41, 5.74) is -2.21. The number of hydrogen-bond acceptors (Lipinski definition) is 3. The fourth-order valence-electron chi connectivity index (χ4n) is 2.85. The summed E-state index contributed by atoms with van der Waals surface area (Å²) in [5.74, 6) is 0. The van der Waals surface area contributed by atoms with Crippen molar-refractivity contribution in [3.8, 4) is 0 Å². The van der Waals surface area contributed by atoms with Gasteiger partial charge in [-0.15, -0.1) is 0 Å². The minimum atomic E-state index is -4.70. The number of rotatable bonds is 1. The highest BCUT2D eigenvalue weighted by atomic mass is 79.9. The molecule has 1 heterocycles. The molecule has 1 aromatic carbocycles. The number of halogens is 5. The second-order valence-corrected chi connectivity index (χ2v) is 9.03. The standard InChI is InChI=1S/C18H22BrClF3N3O3/c1-10-9-25(16(28)29-17(2,3)4)5-6-26(10)15(27)24-14-12(18(21,22)23)7-11(19)8-13(14)20/h7-8,10H,5-6,9H2,1-4H3,(H,24,27). The summed E-state index contributed by atoms with van der Waals surface area (Å²) >= 11 is 8.93. The van der Waals surface area contributed by atoms with Crippen LogP contribution in [0.5, 0.6) is 0 Å². The largest absolute Gasteiger partial charge is 0.444 e. The Labute approximate surface area is 180 Å². The van der Waals surface area contributed by atoms with Crippen LogP contribution in [0, 0.1) is 0 Å². The van der Waals surface area contributed by atoms with Crippen molar-refractivity contribution in [2.45, 2.75) is 45.5 Å². The molecule has 0 aliphatic carbocycles. The van der Waals surface area contributed by atoms with E-state index < -0.39 is 41.2 Å². The third kappa shape index (κ3) is 6.15. The van der Waals surface area contributed by atoms with Crippen molar-refractivity contribution in [1.29, 1.82) is 0 Å². The molecule has 0 spiro atoms. The lowest BCUT2D eigenvalue weighted by atomic mass is 10.1. The van der Waals surface area contributed by atoms with E-state index in [1.54, 1.807) is 27.7 Å². The Morgan fingerprint density at radius 2 is 1.86 bits per heavy atom. The lowest BCUT2D eigenvalue weighted by molar-refractivity contribution is -0.137. The minimum Gasteiger partial charge on any atom is -0.444 e. The molecule has 0 aromatic heterocycles. The summed E-state index contributed by atoms with van der Waals surface area (Å²) in [6, 6.07) is 0.970. The van der Waals surface area contributed by atoms with Crippen molar-refractivity contribution in [3.63, 3.8) is 0 Å². The van der Waals surface area contributed by atoms with Crippen LogP contribution >= 0.6 is 27.5 Å². The number of alkyl halides is 3. The summed E-state index contributed by atoms with van der Waals surface area (Å²) in [6.07, 6.45) is -5.20. The molecule has 1 aromatic rings. The fourth-order valence-corrected chi connectivity index (χ4v) is 3.71. The van der Waals surface area contributed by atoms with Gasteiger partial charge in [-0.05, 0) is 39.8 Å². The van der Waals surface area contributed by atoms with Crippen LogP contribution in [0.1, 0.15) is 33.3 Å². The SMILES string of the molecule is CC1CN(C(=O)OC(C)(C)C)CCN1C(=O)Nc1c(Cl)cc(Br)cc1C(F)(F)F. The van der Waals surface area contributed by atoms with Gasteiger partial charge in [0.1, 0.15) is 5.60 Å². The number of ether oxygens (including phenoxy) is 1. The summed E-state index contributed by atoms with van der Waals surface area (Å²) in [5, 5.41) is 2.04. The molecule has 162 valence electrons. The summed E-state index contributed by atoms with van der Waals surface area (Å²) in [7, 11) is 0. The molecule has 1 atom stereocenters. The lowest BCUT2D eigenvalue weighted by Crippen LogP contribution is -2.57. The summed E-state index contributed by atoms with van der Waals surface area (Å²) in [4.78, 5) is 27.7. The van der Waals surface area contributed by atoms with E-state index in [0.717, 1.165) is 6.07 Å². The maximum absolute atomic E-state index is 13.4. The molecule has 3 amide bonds. The Kier molecular flexibility index (Phi) is 6.99. The highest BCUT2D eigenvalue weighted by molar-refractivity contribution is 9.10. The van der Waals surface area contributed by atoms with E-state index in [1.807, 2.05) is 0 Å². The number of carbonyl (C=O) groups excluding carboxylic acids is 2. The normalized spacial score (nSPS) is 17.9. The van der Waals surface area contributed by atoms with Crippen molar-refractivity contribution in [2.75, 3.05) is 25.0 Å². The molecular formula is C18H22BrClF3N3O3. The van der Waals surface area contributed by atoms with Gasteiger partial charge in [-0.3, -0.25) is 0 Å². The summed E-state index contributed by atoms with van der Waals surface area (Å²) in [6.45, 7) is 7.48. The van der Waals surface area contributed by atoms with Gasteiger partial charge in [-0.2, -0.15) is 13.2 Å². The van der Waals surface area contributed by atoms with Crippen molar-refractivity contribution in [2.24, 2.45) is 0 Å². The molecule has 2 rings (SSSR count). The number of benzene rings is 1. The predicted octanol–water partition coefficient (Wildman–Crippen LogP) is 5.59. The van der Waals surface area contributed by atoms with E-state index in [0.29, 0.717) is 0 Å². The number of anilines is 1. The zero-order chi connectivity index (χ0) is 22.1. The number of nitrogens with one attached hydrogen (secondary N) is 1. The van der Waals surface area contributed by atoms with Crippen molar-refractivity contribution < 1.29 is 27.5 Å². The van der Waals surface area contributed by atoms with Gasteiger partial charge in [0.2, 0.25) is 0 Å². The van der Waals surface area contributed by atoms with Crippen LogP contribution in [0.15, 0.2) is 16.6 Å². The first kappa shape index (κ1) is 23.6. The van der Waals surface area contributed by atoms with Gasteiger partial charge in [-0.25, -0.2) is 9.59 Å². The number of hydrogen-bond donors (Lipinski definition) is 1. The second-order valence-electron chi connectivity index (χ2n) is 7.71. The summed E-state index contributed by atoms with van der Waals surface area (Å²) < 4.78 is 45.5. The van der Waals surface area contributed by atoms with Gasteiger partial charge >= 0.3 is 18.3 Å². The highest BCUT2D eigenvalue weighted by Gasteiger charge is 2.37. The molecule has 1 aliphatic heterocycles. The van der Waals surface area contributed by atoms with Crippen molar-refractivity contribution in [1.82, 2.24) is 9.80 Å². The molecule has 6 nitrogen and oxygen atoms in total. The number of urea groups is 1. The van der Waals surface area contributed by atoms with Gasteiger partial charge in [0, 0.05) is 30.1 Å². The van der Waals surface area contributed by atoms with Crippen molar-refractivity contribution >= 4 is 45.3 Å². The average Bonchev–Trinajstić information content (AvgIpc) is 2.54. The van der Waals surface area contributed by atoms with Crippen LogP contribution in [-0.4, -0.2) is 53.2 Å². The first-order chi connectivity index (χ1) is 13.2. The van der Waals surface area contributed by atoms with E-state index in [4.69, 9.17) is 16.3 Å². The zero-order valence-corrected chi connectivity index (χ0v) is 18.7. The third-order valence-corrected chi connectivity index (χ3v) is 4.89. The van der Waals surface area contributed by atoms with E-state index in [2.05, 4.69) is 21.2 Å². The highest BCUT2D eigenvalue weighted by Crippen LogP contribution is 2.41. The van der Waals surface area contributed by atoms with Crippen LogP contribution in [0.3, 0.4) is 0 Å². The van der Waals surface area contributed by atoms with Crippen LogP contribution in [0.25, 0.3) is 0 Å². The number of piperazine rings is 1. The molecule has 29 heavy (non-hydrogen) atoms. The second kappa shape index (κ2) is 8.59. The molecule has 0 radical (unpaired) electrons. The minimum absolute atomic E-state index is 0.141. The quantitative estimate of drug-likeness (QED) is 0.546. The van der Waals surface area contributed by atoms with Crippen LogP contribution < -0.4 is 5.32 Å². The molecule has 1 saturated heterocycles. The molecule has 0 bridgehead atoms. The van der Waals surface area contributed by atoms with Crippen LogP contribution in [0.4, 0.5) is 28.4 Å². The van der Waals surface area contributed by atoms with Gasteiger partial charge in [0.15, 0.2) is 0 Å². The molecule has 11 heteroatoms. The molecular weight excluding hydrogens is 479 g/mol. The number of nitrogens with zero attached hydrogens (tertiary/aromatic N) is 2. The average molecular weight is 501 g/mol. The molecule has 0 saturated carbocycles. The number of carbonyl (C=O) groups is 2. The van der Waals surface area contributed by atoms with Crippen LogP contribution in [-0.2, 0) is 10.9 Å². The maximum Gasteiger partial charge on any atom is 0.418 e. The predicted molar refractivity (Wildman–Crippen MR) is 107 cm³/mol. The van der Waals surface area contributed by atoms with E-state index in [9.17, 15) is 22.8 Å². The zero-order valence-electron chi connectivity index (χ0n) is 16.4. The van der Waals surface area contributed by atoms with Gasteiger partial charge < -0.3 is 19.9 Å². The van der Waals surface area contributed by atoms with E-state index in [-0.39, 0.29) is 29.1 Å². The smallest absolute Gasteiger partial charge is 0.418 e. The molecule has 1 fully saturated rings. The maximum atomic E-state index is 13.4. The van der Waals surface area contributed by atoms with E-state index >= 15 is 0 Å². The topological polar surface area (TPSA) is 61.9 Å². The Hall–Kier alpha value is -1.68. The van der Waals surface area contributed by atoms with Crippen molar-refractivity contribution in [3.05, 3.63) is 27.2 Å². The van der Waals surface area contributed by atoms with Gasteiger partial charge in [0.05, 0.1) is 16.3 Å². The Morgan fingerprint density at radius 3 is 2.38 bits per heavy atom.